The molecule has 1 atom stereocenters. The zero-order chi connectivity index (χ0) is 16.8. The number of hydrazone groups is 1. The molecule has 0 aliphatic rings. The van der Waals surface area contributed by atoms with Crippen LogP contribution in [0.25, 0.3) is 10.8 Å². The van der Waals surface area contributed by atoms with Crippen LogP contribution in [0.3, 0.4) is 0 Å². The number of amides is 1. The molecule has 1 N–H and O–H groups in total. The van der Waals surface area contributed by atoms with E-state index >= 15 is 0 Å². The van der Waals surface area contributed by atoms with Gasteiger partial charge in [0.05, 0.1) is 6.21 Å². The second-order valence-corrected chi connectivity index (χ2v) is 5.28. The van der Waals surface area contributed by atoms with E-state index in [4.69, 9.17) is 4.74 Å². The van der Waals surface area contributed by atoms with Gasteiger partial charge >= 0.3 is 0 Å². The monoisotopic (exact) mass is 319 g/mol. The van der Waals surface area contributed by atoms with Crippen molar-refractivity contribution in [3.05, 3.63) is 72.6 Å². The number of benzene rings is 2. The molecule has 0 spiro atoms. The molecule has 24 heavy (non-hydrogen) atoms. The molecule has 0 aliphatic carbocycles. The van der Waals surface area contributed by atoms with Gasteiger partial charge < -0.3 is 4.74 Å². The molecule has 0 aliphatic heterocycles. The van der Waals surface area contributed by atoms with Gasteiger partial charge in [0, 0.05) is 12.4 Å². The van der Waals surface area contributed by atoms with Gasteiger partial charge in [-0.15, -0.1) is 0 Å². The van der Waals surface area contributed by atoms with Gasteiger partial charge in [-0.2, -0.15) is 5.10 Å². The highest BCUT2D eigenvalue weighted by Gasteiger charge is 2.14. The third-order valence-corrected chi connectivity index (χ3v) is 3.50. The Bertz CT molecular complexity index is 863. The van der Waals surface area contributed by atoms with Gasteiger partial charge in [-0.3, -0.25) is 9.78 Å². The van der Waals surface area contributed by atoms with Crippen molar-refractivity contribution >= 4 is 22.9 Å². The highest BCUT2D eigenvalue weighted by molar-refractivity contribution is 5.85. The van der Waals surface area contributed by atoms with E-state index in [2.05, 4.69) is 15.5 Å². The lowest BCUT2D eigenvalue weighted by molar-refractivity contribution is -0.127. The Morgan fingerprint density at radius 3 is 2.67 bits per heavy atom. The average molecular weight is 319 g/mol. The summed E-state index contributed by atoms with van der Waals surface area (Å²) in [4.78, 5) is 16.0. The summed E-state index contributed by atoms with van der Waals surface area (Å²) >= 11 is 0. The largest absolute Gasteiger partial charge is 0.481 e. The average Bonchev–Trinajstić information content (AvgIpc) is 2.62. The lowest BCUT2D eigenvalue weighted by Gasteiger charge is -2.13. The first-order chi connectivity index (χ1) is 11.7. The first-order valence-electron chi connectivity index (χ1n) is 7.61. The molecule has 3 rings (SSSR count). The minimum atomic E-state index is -0.652. The molecule has 1 heterocycles. The van der Waals surface area contributed by atoms with Crippen molar-refractivity contribution in [3.63, 3.8) is 0 Å². The minimum Gasteiger partial charge on any atom is -0.481 e. The Kier molecular flexibility index (Phi) is 4.81. The molecular weight excluding hydrogens is 302 g/mol. The van der Waals surface area contributed by atoms with Crippen LogP contribution in [-0.2, 0) is 4.79 Å². The van der Waals surface area contributed by atoms with E-state index < -0.39 is 6.10 Å². The maximum absolute atomic E-state index is 12.0. The van der Waals surface area contributed by atoms with Crippen LogP contribution in [-0.4, -0.2) is 23.2 Å². The molecule has 0 unspecified atom stereocenters. The fraction of sp³-hybridized carbons (Fsp3) is 0.105. The van der Waals surface area contributed by atoms with Gasteiger partial charge in [-0.1, -0.05) is 30.3 Å². The van der Waals surface area contributed by atoms with E-state index in [1.54, 1.807) is 37.7 Å². The number of nitrogens with one attached hydrogen (secondary N) is 1. The van der Waals surface area contributed by atoms with E-state index in [0.29, 0.717) is 5.75 Å². The number of hydrogen-bond donors (Lipinski definition) is 1. The van der Waals surface area contributed by atoms with Crippen LogP contribution in [0.5, 0.6) is 5.75 Å². The fourth-order valence-corrected chi connectivity index (χ4v) is 2.21. The Hall–Kier alpha value is -3.21. The molecule has 120 valence electrons. The van der Waals surface area contributed by atoms with Crippen molar-refractivity contribution in [3.8, 4) is 5.75 Å². The Labute approximate surface area is 140 Å². The SMILES string of the molecule is C[C@@H](Oc1ccc2ccccc2c1)C(=O)N/N=C\c1ccncc1. The van der Waals surface area contributed by atoms with Crippen molar-refractivity contribution < 1.29 is 9.53 Å². The van der Waals surface area contributed by atoms with Gasteiger partial charge in [0.15, 0.2) is 6.10 Å². The van der Waals surface area contributed by atoms with E-state index in [1.165, 1.54) is 0 Å². The van der Waals surface area contributed by atoms with E-state index in [-0.39, 0.29) is 5.91 Å². The zero-order valence-electron chi connectivity index (χ0n) is 13.2. The van der Waals surface area contributed by atoms with E-state index in [9.17, 15) is 4.79 Å². The van der Waals surface area contributed by atoms with Crippen molar-refractivity contribution in [1.29, 1.82) is 0 Å². The second kappa shape index (κ2) is 7.37. The molecule has 5 heteroatoms. The minimum absolute atomic E-state index is 0.312. The summed E-state index contributed by atoms with van der Waals surface area (Å²) < 4.78 is 5.69. The van der Waals surface area contributed by atoms with Gasteiger partial charge in [0.25, 0.3) is 5.91 Å². The van der Waals surface area contributed by atoms with Crippen LogP contribution in [0.2, 0.25) is 0 Å². The maximum Gasteiger partial charge on any atom is 0.280 e. The van der Waals surface area contributed by atoms with Crippen molar-refractivity contribution in [1.82, 2.24) is 10.4 Å². The second-order valence-electron chi connectivity index (χ2n) is 5.28. The Morgan fingerprint density at radius 2 is 1.88 bits per heavy atom. The molecule has 0 fully saturated rings. The molecule has 1 aromatic heterocycles. The predicted octanol–water partition coefficient (Wildman–Crippen LogP) is 3.15. The molecule has 0 radical (unpaired) electrons. The Morgan fingerprint density at radius 1 is 1.12 bits per heavy atom. The molecule has 1 amide bonds. The molecule has 3 aromatic rings. The summed E-state index contributed by atoms with van der Waals surface area (Å²) in [5, 5.41) is 6.12. The van der Waals surface area contributed by atoms with E-state index in [1.807, 2.05) is 42.5 Å². The number of aromatic nitrogens is 1. The third kappa shape index (κ3) is 3.95. The predicted molar refractivity (Wildman–Crippen MR) is 94.0 cm³/mol. The number of nitrogens with zero attached hydrogens (tertiary/aromatic N) is 2. The number of pyridine rings is 1. The van der Waals surface area contributed by atoms with Gasteiger partial charge in [0.2, 0.25) is 0 Å². The number of rotatable bonds is 5. The van der Waals surface area contributed by atoms with Crippen LogP contribution in [0, 0.1) is 0 Å². The molecular formula is C19H17N3O2. The molecule has 5 nitrogen and oxygen atoms in total. The molecule has 0 bridgehead atoms. The molecule has 0 saturated carbocycles. The standard InChI is InChI=1S/C19H17N3O2/c1-14(19(23)22-21-13-15-8-10-20-11-9-15)24-18-7-6-16-4-2-3-5-17(16)12-18/h2-14H,1H3,(H,22,23)/b21-13-/t14-/m1/s1. The summed E-state index contributed by atoms with van der Waals surface area (Å²) in [5.41, 5.74) is 3.33. The van der Waals surface area contributed by atoms with Crippen LogP contribution >= 0.6 is 0 Å². The number of fused-ring (bicyclic) bond motifs is 1. The first-order valence-corrected chi connectivity index (χ1v) is 7.61. The Balaban J connectivity index is 1.59. The summed E-state index contributed by atoms with van der Waals surface area (Å²) in [7, 11) is 0. The van der Waals surface area contributed by atoms with Crippen molar-refractivity contribution in [2.45, 2.75) is 13.0 Å². The summed E-state index contributed by atoms with van der Waals surface area (Å²) in [6, 6.07) is 17.3. The van der Waals surface area contributed by atoms with Crippen LogP contribution in [0.1, 0.15) is 12.5 Å². The highest BCUT2D eigenvalue weighted by Crippen LogP contribution is 2.21. The summed E-state index contributed by atoms with van der Waals surface area (Å²) in [5.74, 6) is 0.336. The summed E-state index contributed by atoms with van der Waals surface area (Å²) in [6.07, 6.45) is 4.23. The number of carbonyl (C=O) groups excluding carboxylic acids is 1. The quantitative estimate of drug-likeness (QED) is 0.580. The van der Waals surface area contributed by atoms with Crippen LogP contribution < -0.4 is 10.2 Å². The van der Waals surface area contributed by atoms with Crippen molar-refractivity contribution in [2.75, 3.05) is 0 Å². The van der Waals surface area contributed by atoms with E-state index in [0.717, 1.165) is 16.3 Å². The molecule has 2 aromatic carbocycles. The van der Waals surface area contributed by atoms with Crippen LogP contribution in [0.15, 0.2) is 72.1 Å². The lowest BCUT2D eigenvalue weighted by Crippen LogP contribution is -2.33. The van der Waals surface area contributed by atoms with Gasteiger partial charge in [-0.05, 0) is 47.5 Å². The summed E-state index contributed by atoms with van der Waals surface area (Å²) in [6.45, 7) is 1.69. The van der Waals surface area contributed by atoms with Crippen molar-refractivity contribution in [2.24, 2.45) is 5.10 Å². The number of hydrogen-bond acceptors (Lipinski definition) is 4. The zero-order valence-corrected chi connectivity index (χ0v) is 13.2. The van der Waals surface area contributed by atoms with Gasteiger partial charge in [0.1, 0.15) is 5.75 Å². The third-order valence-electron chi connectivity index (χ3n) is 3.50. The first kappa shape index (κ1) is 15.7. The maximum atomic E-state index is 12.0. The van der Waals surface area contributed by atoms with Crippen LogP contribution in [0.4, 0.5) is 0 Å². The number of carbonyl (C=O) groups is 1. The highest BCUT2D eigenvalue weighted by atomic mass is 16.5. The van der Waals surface area contributed by atoms with Gasteiger partial charge in [-0.25, -0.2) is 5.43 Å². The lowest BCUT2D eigenvalue weighted by atomic mass is 10.1. The molecule has 0 saturated heterocycles. The topological polar surface area (TPSA) is 63.6 Å². The normalized spacial score (nSPS) is 12.2. The smallest absolute Gasteiger partial charge is 0.280 e. The number of ether oxygens (including phenoxy) is 1. The fourth-order valence-electron chi connectivity index (χ4n) is 2.21.